The Morgan fingerprint density at radius 3 is 3.04 bits per heavy atom. The Kier molecular flexibility index (Phi) is 5.80. The molecule has 2 N–H and O–H groups in total. The van der Waals surface area contributed by atoms with Crippen LogP contribution in [-0.4, -0.2) is 59.0 Å². The maximum atomic E-state index is 12.7. The lowest BCUT2D eigenvalue weighted by Crippen LogP contribution is -2.46. The molecule has 0 aromatic carbocycles. The van der Waals surface area contributed by atoms with Crippen LogP contribution in [0.4, 0.5) is 5.69 Å². The highest BCUT2D eigenvalue weighted by Crippen LogP contribution is 2.23. The van der Waals surface area contributed by atoms with Crippen molar-refractivity contribution in [3.05, 3.63) is 53.6 Å². The summed E-state index contributed by atoms with van der Waals surface area (Å²) in [4.78, 5) is 25.1. The highest BCUT2D eigenvalue weighted by Gasteiger charge is 2.27. The predicted molar refractivity (Wildman–Crippen MR) is 99.2 cm³/mol. The van der Waals surface area contributed by atoms with Gasteiger partial charge in [-0.2, -0.15) is 0 Å². The zero-order chi connectivity index (χ0) is 18.5. The third kappa shape index (κ3) is 4.77. The predicted octanol–water partition coefficient (Wildman–Crippen LogP) is 1.40. The van der Waals surface area contributed by atoms with Gasteiger partial charge in [-0.15, -0.1) is 0 Å². The maximum Gasteiger partial charge on any atom is 0.236 e. The molecule has 2 aromatic heterocycles. The van der Waals surface area contributed by atoms with Crippen LogP contribution in [0.2, 0.25) is 0 Å². The van der Waals surface area contributed by atoms with Crippen LogP contribution in [0.15, 0.2) is 36.7 Å². The summed E-state index contributed by atoms with van der Waals surface area (Å²) in [6.07, 6.45) is 3.33. The monoisotopic (exact) mass is 355 g/mol. The van der Waals surface area contributed by atoms with Crippen molar-refractivity contribution in [2.24, 2.45) is 0 Å². The first-order valence-corrected chi connectivity index (χ1v) is 8.72. The number of nitrogens with two attached hydrogens (primary N) is 1. The number of carbonyl (C=O) groups is 1. The molecule has 138 valence electrons. The second-order valence-electron chi connectivity index (χ2n) is 6.70. The summed E-state index contributed by atoms with van der Waals surface area (Å²) in [5, 5.41) is 0. The van der Waals surface area contributed by atoms with Gasteiger partial charge in [-0.3, -0.25) is 19.7 Å². The number of hydrogen-bond donors (Lipinski definition) is 1. The molecule has 0 unspecified atom stereocenters. The van der Waals surface area contributed by atoms with Gasteiger partial charge in [-0.25, -0.2) is 0 Å². The summed E-state index contributed by atoms with van der Waals surface area (Å²) >= 11 is 0. The summed E-state index contributed by atoms with van der Waals surface area (Å²) in [6, 6.07) is 7.55. The summed E-state index contributed by atoms with van der Waals surface area (Å²) in [7, 11) is 1.94. The molecule has 3 heterocycles. The van der Waals surface area contributed by atoms with Gasteiger partial charge >= 0.3 is 0 Å². The SMILES string of the molecule is Cc1cc(N)cc([C@H]2CN(C(=O)CN(C)Cc3cccnc3)CCO2)n1. The Labute approximate surface area is 153 Å². The number of hydrogen-bond acceptors (Lipinski definition) is 6. The van der Waals surface area contributed by atoms with E-state index in [1.54, 1.807) is 6.20 Å². The molecule has 1 fully saturated rings. The van der Waals surface area contributed by atoms with Crippen molar-refractivity contribution in [1.29, 1.82) is 0 Å². The largest absolute Gasteiger partial charge is 0.399 e. The van der Waals surface area contributed by atoms with Crippen LogP contribution in [0.1, 0.15) is 23.1 Å². The van der Waals surface area contributed by atoms with Crippen molar-refractivity contribution < 1.29 is 9.53 Å². The van der Waals surface area contributed by atoms with Crippen LogP contribution in [0, 0.1) is 6.92 Å². The molecule has 26 heavy (non-hydrogen) atoms. The molecular weight excluding hydrogens is 330 g/mol. The van der Waals surface area contributed by atoms with Crippen molar-refractivity contribution in [3.8, 4) is 0 Å². The topological polar surface area (TPSA) is 84.6 Å². The van der Waals surface area contributed by atoms with Crippen molar-refractivity contribution in [3.63, 3.8) is 0 Å². The smallest absolute Gasteiger partial charge is 0.236 e. The van der Waals surface area contributed by atoms with Crippen LogP contribution in [0.5, 0.6) is 0 Å². The van der Waals surface area contributed by atoms with Gasteiger partial charge < -0.3 is 15.4 Å². The number of rotatable bonds is 5. The first kappa shape index (κ1) is 18.3. The molecule has 0 radical (unpaired) electrons. The van der Waals surface area contributed by atoms with Gasteiger partial charge in [0.05, 0.1) is 25.4 Å². The fourth-order valence-corrected chi connectivity index (χ4v) is 3.13. The molecule has 0 spiro atoms. The van der Waals surface area contributed by atoms with E-state index in [0.29, 0.717) is 38.5 Å². The Morgan fingerprint density at radius 2 is 2.31 bits per heavy atom. The van der Waals surface area contributed by atoms with Crippen LogP contribution in [0.3, 0.4) is 0 Å². The van der Waals surface area contributed by atoms with Crippen LogP contribution < -0.4 is 5.73 Å². The molecule has 7 nitrogen and oxygen atoms in total. The minimum atomic E-state index is -0.237. The number of aromatic nitrogens is 2. The van der Waals surface area contributed by atoms with Gasteiger partial charge in [0.2, 0.25) is 5.91 Å². The van der Waals surface area contributed by atoms with Gasteiger partial charge in [0.15, 0.2) is 0 Å². The van der Waals surface area contributed by atoms with Crippen LogP contribution in [0.25, 0.3) is 0 Å². The van der Waals surface area contributed by atoms with Crippen molar-refractivity contribution in [2.75, 3.05) is 39.0 Å². The number of aryl methyl sites for hydroxylation is 1. The first-order chi connectivity index (χ1) is 12.5. The Balaban J connectivity index is 1.59. The Morgan fingerprint density at radius 1 is 1.46 bits per heavy atom. The Hall–Kier alpha value is -2.51. The number of pyridine rings is 2. The fourth-order valence-electron chi connectivity index (χ4n) is 3.13. The highest BCUT2D eigenvalue weighted by molar-refractivity contribution is 5.78. The van der Waals surface area contributed by atoms with Gasteiger partial charge in [-0.1, -0.05) is 6.07 Å². The average Bonchev–Trinajstić information content (AvgIpc) is 2.61. The van der Waals surface area contributed by atoms with Crippen LogP contribution in [-0.2, 0) is 16.1 Å². The zero-order valence-corrected chi connectivity index (χ0v) is 15.3. The minimum absolute atomic E-state index is 0.0883. The molecule has 1 aliphatic rings. The van der Waals surface area contributed by atoms with E-state index < -0.39 is 0 Å². The van der Waals surface area contributed by atoms with Crippen LogP contribution >= 0.6 is 0 Å². The third-order valence-corrected chi connectivity index (χ3v) is 4.33. The number of nitrogen functional groups attached to an aromatic ring is 1. The molecular formula is C19H25N5O2. The number of anilines is 1. The number of carbonyl (C=O) groups excluding carboxylic acids is 1. The molecule has 0 saturated carbocycles. The lowest BCUT2D eigenvalue weighted by Gasteiger charge is -2.33. The number of likely N-dealkylation sites (N-methyl/N-ethyl adjacent to an activating group) is 1. The van der Waals surface area contributed by atoms with E-state index in [1.165, 1.54) is 0 Å². The van der Waals surface area contributed by atoms with E-state index >= 15 is 0 Å². The third-order valence-electron chi connectivity index (χ3n) is 4.33. The second-order valence-corrected chi connectivity index (χ2v) is 6.70. The van der Waals surface area contributed by atoms with E-state index in [2.05, 4.69) is 9.97 Å². The lowest BCUT2D eigenvalue weighted by molar-refractivity contribution is -0.140. The molecule has 1 saturated heterocycles. The fraction of sp³-hybridized carbons (Fsp3) is 0.421. The molecule has 1 aliphatic heterocycles. The molecule has 0 bridgehead atoms. The summed E-state index contributed by atoms with van der Waals surface area (Å²) < 4.78 is 5.82. The molecule has 0 aliphatic carbocycles. The Bertz CT molecular complexity index is 733. The summed E-state index contributed by atoms with van der Waals surface area (Å²) in [6.45, 7) is 4.53. The molecule has 3 rings (SSSR count). The van der Waals surface area contributed by atoms with Gasteiger partial charge in [0.25, 0.3) is 0 Å². The first-order valence-electron chi connectivity index (χ1n) is 8.72. The normalized spacial score (nSPS) is 17.5. The number of ether oxygens (including phenoxy) is 1. The molecule has 7 heteroatoms. The second kappa shape index (κ2) is 8.25. The molecule has 2 aromatic rings. The maximum absolute atomic E-state index is 12.7. The summed E-state index contributed by atoms with van der Waals surface area (Å²) in [5.74, 6) is 0.0883. The molecule has 1 atom stereocenters. The average molecular weight is 355 g/mol. The van der Waals surface area contributed by atoms with Gasteiger partial charge in [-0.05, 0) is 37.7 Å². The molecule has 1 amide bonds. The zero-order valence-electron chi connectivity index (χ0n) is 15.3. The van der Waals surface area contributed by atoms with E-state index in [0.717, 1.165) is 17.0 Å². The van der Waals surface area contributed by atoms with E-state index in [-0.39, 0.29) is 12.0 Å². The van der Waals surface area contributed by atoms with E-state index in [4.69, 9.17) is 10.5 Å². The van der Waals surface area contributed by atoms with E-state index in [1.807, 2.05) is 54.2 Å². The quantitative estimate of drug-likeness (QED) is 0.873. The van der Waals surface area contributed by atoms with Crippen molar-refractivity contribution in [1.82, 2.24) is 19.8 Å². The minimum Gasteiger partial charge on any atom is -0.399 e. The highest BCUT2D eigenvalue weighted by atomic mass is 16.5. The van der Waals surface area contributed by atoms with Crippen molar-refractivity contribution in [2.45, 2.75) is 19.6 Å². The number of amides is 1. The van der Waals surface area contributed by atoms with Gasteiger partial charge in [0.1, 0.15) is 6.10 Å². The summed E-state index contributed by atoms with van der Waals surface area (Å²) in [5.41, 5.74) is 9.29. The standard InChI is InChI=1S/C19H25N5O2/c1-14-8-16(20)9-17(22-14)18-12-24(6-7-26-18)19(25)13-23(2)11-15-4-3-5-21-10-15/h3-5,8-10,18H,6-7,11-13H2,1-2H3,(H2,20,22)/t18-/m1/s1. The van der Waals surface area contributed by atoms with Crippen molar-refractivity contribution >= 4 is 11.6 Å². The van der Waals surface area contributed by atoms with Gasteiger partial charge in [0, 0.05) is 36.9 Å². The number of nitrogens with zero attached hydrogens (tertiary/aromatic N) is 4. The number of morpholine rings is 1. The van der Waals surface area contributed by atoms with E-state index in [9.17, 15) is 4.79 Å². The lowest BCUT2D eigenvalue weighted by atomic mass is 10.1.